The summed E-state index contributed by atoms with van der Waals surface area (Å²) in [6.45, 7) is 2.06. The third kappa shape index (κ3) is 1.66. The number of hydrogen-bond donors (Lipinski definition) is 2. The summed E-state index contributed by atoms with van der Waals surface area (Å²) in [5.74, 6) is 0.147. The number of hydrogen-bond acceptors (Lipinski definition) is 2. The van der Waals surface area contributed by atoms with Crippen LogP contribution in [-0.2, 0) is 4.79 Å². The molecule has 1 aromatic carbocycles. The Balaban J connectivity index is 2.06. The summed E-state index contributed by atoms with van der Waals surface area (Å²) in [6, 6.07) is 6.16. The fourth-order valence-corrected chi connectivity index (χ4v) is 3.23. The van der Waals surface area contributed by atoms with Crippen molar-refractivity contribution >= 4 is 33.2 Å². The van der Waals surface area contributed by atoms with E-state index in [-0.39, 0.29) is 17.4 Å². The Morgan fingerprint density at radius 1 is 1.41 bits per heavy atom. The average molecular weight is 295 g/mol. The highest BCUT2D eigenvalue weighted by atomic mass is 79.9. The van der Waals surface area contributed by atoms with Gasteiger partial charge in [-0.05, 0) is 38.0 Å². The lowest BCUT2D eigenvalue weighted by atomic mass is 9.84. The number of carbonyl (C=O) groups is 1. The maximum absolute atomic E-state index is 12.3. The van der Waals surface area contributed by atoms with Crippen LogP contribution in [0.1, 0.15) is 26.2 Å². The number of benzene rings is 1. The lowest BCUT2D eigenvalue weighted by molar-refractivity contribution is -0.124. The summed E-state index contributed by atoms with van der Waals surface area (Å²) in [5.41, 5.74) is 1.63. The highest BCUT2D eigenvalue weighted by molar-refractivity contribution is 9.10. The Bertz CT molecular complexity index is 488. The van der Waals surface area contributed by atoms with Crippen LogP contribution in [0.25, 0.3) is 0 Å². The van der Waals surface area contributed by atoms with Gasteiger partial charge in [-0.25, -0.2) is 0 Å². The van der Waals surface area contributed by atoms with Crippen molar-refractivity contribution in [1.82, 2.24) is 0 Å². The quantitative estimate of drug-likeness (QED) is 0.770. The first-order valence-electron chi connectivity index (χ1n) is 5.97. The minimum atomic E-state index is -0.272. The maximum Gasteiger partial charge on any atom is 0.232 e. The first kappa shape index (κ1) is 11.1. The molecule has 1 heterocycles. The van der Waals surface area contributed by atoms with Crippen LogP contribution in [0.15, 0.2) is 22.7 Å². The van der Waals surface area contributed by atoms with Crippen LogP contribution in [0.2, 0.25) is 0 Å². The van der Waals surface area contributed by atoms with Gasteiger partial charge in [0.05, 0.1) is 16.8 Å². The molecule has 0 radical (unpaired) electrons. The van der Waals surface area contributed by atoms with Crippen LogP contribution in [0.5, 0.6) is 0 Å². The third-order valence-electron chi connectivity index (χ3n) is 4.04. The van der Waals surface area contributed by atoms with E-state index in [1.165, 1.54) is 0 Å². The van der Waals surface area contributed by atoms with Gasteiger partial charge in [0.15, 0.2) is 0 Å². The minimum absolute atomic E-state index is 0.147. The first-order chi connectivity index (χ1) is 8.09. The predicted molar refractivity (Wildman–Crippen MR) is 72.1 cm³/mol. The van der Waals surface area contributed by atoms with E-state index in [0.29, 0.717) is 0 Å². The molecule has 90 valence electrons. The Kier molecular flexibility index (Phi) is 2.43. The van der Waals surface area contributed by atoms with E-state index in [4.69, 9.17) is 0 Å². The summed E-state index contributed by atoms with van der Waals surface area (Å²) in [7, 11) is 0. The van der Waals surface area contributed by atoms with Crippen molar-refractivity contribution in [2.24, 2.45) is 5.41 Å². The van der Waals surface area contributed by atoms with E-state index in [1.807, 2.05) is 18.2 Å². The van der Waals surface area contributed by atoms with Gasteiger partial charge in [-0.3, -0.25) is 4.79 Å². The predicted octanol–water partition coefficient (Wildman–Crippen LogP) is 3.37. The van der Waals surface area contributed by atoms with E-state index >= 15 is 0 Å². The molecule has 1 aromatic rings. The summed E-state index contributed by atoms with van der Waals surface area (Å²) in [6.07, 6.45) is 3.15. The van der Waals surface area contributed by atoms with Gasteiger partial charge < -0.3 is 10.6 Å². The zero-order chi connectivity index (χ0) is 12.0. The van der Waals surface area contributed by atoms with Crippen molar-refractivity contribution in [3.63, 3.8) is 0 Å². The van der Waals surface area contributed by atoms with Gasteiger partial charge in [-0.15, -0.1) is 0 Å². The number of anilines is 2. The van der Waals surface area contributed by atoms with Crippen molar-refractivity contribution in [3.8, 4) is 0 Å². The normalized spacial score (nSPS) is 30.9. The van der Waals surface area contributed by atoms with Crippen LogP contribution >= 0.6 is 15.9 Å². The van der Waals surface area contributed by atoms with Crippen LogP contribution < -0.4 is 10.6 Å². The molecule has 3 nitrogen and oxygen atoms in total. The van der Waals surface area contributed by atoms with Crippen molar-refractivity contribution in [1.29, 1.82) is 0 Å². The molecule has 17 heavy (non-hydrogen) atoms. The number of amides is 1. The Labute approximate surface area is 109 Å². The fraction of sp³-hybridized carbons (Fsp3) is 0.462. The van der Waals surface area contributed by atoms with Crippen molar-refractivity contribution in [2.75, 3.05) is 10.6 Å². The first-order valence-corrected chi connectivity index (χ1v) is 6.76. The molecule has 1 saturated carbocycles. The molecule has 0 aromatic heterocycles. The maximum atomic E-state index is 12.3. The number of carbonyl (C=O) groups excluding carboxylic acids is 1. The van der Waals surface area contributed by atoms with E-state index in [1.54, 1.807) is 0 Å². The fourth-order valence-electron chi connectivity index (χ4n) is 2.87. The molecule has 0 saturated heterocycles. The topological polar surface area (TPSA) is 41.1 Å². The molecule has 1 aliphatic carbocycles. The lowest BCUT2D eigenvalue weighted by Gasteiger charge is -2.27. The Hall–Kier alpha value is -1.03. The minimum Gasteiger partial charge on any atom is -0.380 e. The van der Waals surface area contributed by atoms with Crippen molar-refractivity contribution in [2.45, 2.75) is 32.2 Å². The zero-order valence-corrected chi connectivity index (χ0v) is 11.3. The molecule has 3 rings (SSSR count). The van der Waals surface area contributed by atoms with Crippen LogP contribution in [-0.4, -0.2) is 11.9 Å². The van der Waals surface area contributed by atoms with E-state index in [0.717, 1.165) is 35.1 Å². The number of rotatable bonds is 0. The molecule has 1 aliphatic heterocycles. The molecule has 0 spiro atoms. The highest BCUT2D eigenvalue weighted by Crippen LogP contribution is 2.44. The van der Waals surface area contributed by atoms with Gasteiger partial charge in [-0.1, -0.05) is 22.4 Å². The zero-order valence-electron chi connectivity index (χ0n) is 9.72. The summed E-state index contributed by atoms with van der Waals surface area (Å²) in [4.78, 5) is 12.3. The molecule has 2 aliphatic rings. The summed E-state index contributed by atoms with van der Waals surface area (Å²) in [5, 5.41) is 6.56. The number of nitrogens with one attached hydrogen (secondary N) is 2. The largest absolute Gasteiger partial charge is 0.380 e. The van der Waals surface area contributed by atoms with Gasteiger partial charge in [0.25, 0.3) is 0 Å². The Morgan fingerprint density at radius 2 is 2.24 bits per heavy atom. The summed E-state index contributed by atoms with van der Waals surface area (Å²) >= 11 is 3.46. The molecule has 2 unspecified atom stereocenters. The van der Waals surface area contributed by atoms with Crippen molar-refractivity contribution < 1.29 is 4.79 Å². The second-order valence-corrected chi connectivity index (χ2v) is 6.07. The Morgan fingerprint density at radius 3 is 3.06 bits per heavy atom. The smallest absolute Gasteiger partial charge is 0.232 e. The molecule has 1 fully saturated rings. The van der Waals surface area contributed by atoms with Crippen molar-refractivity contribution in [3.05, 3.63) is 22.7 Å². The van der Waals surface area contributed by atoms with Crippen LogP contribution in [0, 0.1) is 5.41 Å². The van der Waals surface area contributed by atoms with E-state index in [9.17, 15) is 4.79 Å². The molecule has 2 atom stereocenters. The van der Waals surface area contributed by atoms with Gasteiger partial charge in [0, 0.05) is 10.5 Å². The number of halogens is 1. The second kappa shape index (κ2) is 3.73. The number of fused-ring (bicyclic) bond motifs is 2. The van der Waals surface area contributed by atoms with Crippen LogP contribution in [0.3, 0.4) is 0 Å². The van der Waals surface area contributed by atoms with Gasteiger partial charge in [0.2, 0.25) is 5.91 Å². The van der Waals surface area contributed by atoms with Gasteiger partial charge in [-0.2, -0.15) is 0 Å². The van der Waals surface area contributed by atoms with Crippen LogP contribution in [0.4, 0.5) is 11.4 Å². The van der Waals surface area contributed by atoms with Gasteiger partial charge in [0.1, 0.15) is 0 Å². The second-order valence-electron chi connectivity index (χ2n) is 5.15. The third-order valence-corrected chi connectivity index (χ3v) is 4.53. The van der Waals surface area contributed by atoms with E-state index in [2.05, 4.69) is 33.5 Å². The lowest BCUT2D eigenvalue weighted by Crippen LogP contribution is -2.41. The average Bonchev–Trinajstić information content (AvgIpc) is 2.61. The monoisotopic (exact) mass is 294 g/mol. The summed E-state index contributed by atoms with van der Waals surface area (Å²) < 4.78 is 1.03. The standard InChI is InChI=1S/C13H15BrN2O/c1-13-6-2-3-11(13)15-10-7-8(14)4-5-9(10)16-12(13)17/h4-5,7,11,15H,2-3,6H2,1H3,(H,16,17). The van der Waals surface area contributed by atoms with E-state index < -0.39 is 0 Å². The molecular weight excluding hydrogens is 280 g/mol. The molecule has 1 amide bonds. The molecule has 4 heteroatoms. The highest BCUT2D eigenvalue weighted by Gasteiger charge is 2.46. The molecule has 0 bridgehead atoms. The molecule has 2 N–H and O–H groups in total. The molecular formula is C13H15BrN2O. The van der Waals surface area contributed by atoms with Gasteiger partial charge >= 0.3 is 0 Å². The SMILES string of the molecule is CC12CCCC1Nc1cc(Br)ccc1NC2=O.